The van der Waals surface area contributed by atoms with Gasteiger partial charge in [0.05, 0.1) is 5.69 Å². The Morgan fingerprint density at radius 1 is 1.24 bits per heavy atom. The molecule has 0 bridgehead atoms. The highest BCUT2D eigenvalue weighted by Crippen LogP contribution is 2.14. The molecule has 0 fully saturated rings. The van der Waals surface area contributed by atoms with E-state index in [0.717, 1.165) is 23.4 Å². The third-order valence-corrected chi connectivity index (χ3v) is 4.32. The van der Waals surface area contributed by atoms with Gasteiger partial charge in [-0.25, -0.2) is 4.68 Å². The standard InChI is InChI=1S/C18H20N6O/c1-13-5-4-10-19-17(13)11-14(2)23(3)18(25)15-6-8-16(9-7-15)24-12-20-21-22-24/h4-10,12,14H,11H2,1-3H3. The summed E-state index contributed by atoms with van der Waals surface area (Å²) in [4.78, 5) is 18.9. The molecular weight excluding hydrogens is 316 g/mol. The van der Waals surface area contributed by atoms with Crippen molar-refractivity contribution in [1.82, 2.24) is 30.1 Å². The van der Waals surface area contributed by atoms with E-state index in [4.69, 9.17) is 0 Å². The van der Waals surface area contributed by atoms with E-state index in [-0.39, 0.29) is 11.9 Å². The predicted molar refractivity (Wildman–Crippen MR) is 93.4 cm³/mol. The second-order valence-corrected chi connectivity index (χ2v) is 6.04. The number of carbonyl (C=O) groups excluding carboxylic acids is 1. The monoisotopic (exact) mass is 336 g/mol. The molecule has 0 aliphatic heterocycles. The van der Waals surface area contributed by atoms with Crippen molar-refractivity contribution in [3.8, 4) is 5.69 Å². The molecule has 128 valence electrons. The Morgan fingerprint density at radius 3 is 2.64 bits per heavy atom. The average molecular weight is 336 g/mol. The van der Waals surface area contributed by atoms with E-state index in [1.807, 2.05) is 45.2 Å². The van der Waals surface area contributed by atoms with Crippen molar-refractivity contribution < 1.29 is 4.79 Å². The lowest BCUT2D eigenvalue weighted by Gasteiger charge is -2.25. The van der Waals surface area contributed by atoms with Gasteiger partial charge in [0.2, 0.25) is 0 Å². The SMILES string of the molecule is Cc1cccnc1CC(C)N(C)C(=O)c1ccc(-n2cnnn2)cc1. The smallest absolute Gasteiger partial charge is 0.253 e. The molecule has 7 heteroatoms. The van der Waals surface area contributed by atoms with E-state index in [0.29, 0.717) is 5.56 Å². The molecule has 0 N–H and O–H groups in total. The quantitative estimate of drug-likeness (QED) is 0.713. The van der Waals surface area contributed by atoms with Gasteiger partial charge in [-0.15, -0.1) is 5.10 Å². The van der Waals surface area contributed by atoms with Crippen molar-refractivity contribution in [2.24, 2.45) is 0 Å². The van der Waals surface area contributed by atoms with Crippen molar-refractivity contribution >= 4 is 5.91 Å². The second kappa shape index (κ2) is 7.21. The number of carbonyl (C=O) groups is 1. The van der Waals surface area contributed by atoms with Gasteiger partial charge in [0.15, 0.2) is 0 Å². The summed E-state index contributed by atoms with van der Waals surface area (Å²) in [6.07, 6.45) is 4.02. The number of hydrogen-bond acceptors (Lipinski definition) is 5. The molecule has 3 rings (SSSR count). The van der Waals surface area contributed by atoms with Crippen molar-refractivity contribution in [2.45, 2.75) is 26.3 Å². The summed E-state index contributed by atoms with van der Waals surface area (Å²) in [6, 6.07) is 11.2. The van der Waals surface area contributed by atoms with E-state index >= 15 is 0 Å². The zero-order chi connectivity index (χ0) is 17.8. The van der Waals surface area contributed by atoms with E-state index < -0.39 is 0 Å². The lowest BCUT2D eigenvalue weighted by atomic mass is 10.1. The van der Waals surface area contributed by atoms with Gasteiger partial charge in [-0.3, -0.25) is 9.78 Å². The predicted octanol–water partition coefficient (Wildman–Crippen LogP) is 2.07. The molecule has 3 aromatic rings. The van der Waals surface area contributed by atoms with Crippen LogP contribution < -0.4 is 0 Å². The first-order chi connectivity index (χ1) is 12.1. The number of tetrazole rings is 1. The van der Waals surface area contributed by atoms with E-state index in [9.17, 15) is 4.79 Å². The molecule has 1 aromatic carbocycles. The number of aryl methyl sites for hydroxylation is 1. The van der Waals surface area contributed by atoms with Gasteiger partial charge >= 0.3 is 0 Å². The molecule has 1 amide bonds. The third-order valence-electron chi connectivity index (χ3n) is 4.32. The summed E-state index contributed by atoms with van der Waals surface area (Å²) in [6.45, 7) is 4.07. The van der Waals surface area contributed by atoms with Crippen LogP contribution in [0.1, 0.15) is 28.5 Å². The Kier molecular flexibility index (Phi) is 4.83. The molecule has 0 radical (unpaired) electrons. The first kappa shape index (κ1) is 16.8. The maximum Gasteiger partial charge on any atom is 0.253 e. The highest BCUT2D eigenvalue weighted by molar-refractivity contribution is 5.94. The summed E-state index contributed by atoms with van der Waals surface area (Å²) >= 11 is 0. The summed E-state index contributed by atoms with van der Waals surface area (Å²) in [5.41, 5.74) is 3.59. The van der Waals surface area contributed by atoms with E-state index in [1.165, 1.54) is 6.33 Å². The van der Waals surface area contributed by atoms with Crippen LogP contribution in [0.25, 0.3) is 5.69 Å². The van der Waals surface area contributed by atoms with Gasteiger partial charge in [0.1, 0.15) is 6.33 Å². The molecule has 1 unspecified atom stereocenters. The maximum absolute atomic E-state index is 12.7. The summed E-state index contributed by atoms with van der Waals surface area (Å²) < 4.78 is 1.55. The van der Waals surface area contributed by atoms with Crippen LogP contribution in [0.3, 0.4) is 0 Å². The number of amides is 1. The molecule has 7 nitrogen and oxygen atoms in total. The van der Waals surface area contributed by atoms with Crippen LogP contribution in [0.2, 0.25) is 0 Å². The summed E-state index contributed by atoms with van der Waals surface area (Å²) in [7, 11) is 1.82. The van der Waals surface area contributed by atoms with Gasteiger partial charge in [0, 0.05) is 37.0 Å². The highest BCUT2D eigenvalue weighted by Gasteiger charge is 2.19. The fourth-order valence-electron chi connectivity index (χ4n) is 2.59. The lowest BCUT2D eigenvalue weighted by molar-refractivity contribution is 0.0743. The minimum Gasteiger partial charge on any atom is -0.339 e. The number of nitrogens with zero attached hydrogens (tertiary/aromatic N) is 6. The first-order valence-electron chi connectivity index (χ1n) is 8.07. The molecule has 2 heterocycles. The number of aromatic nitrogens is 5. The number of pyridine rings is 1. The third kappa shape index (κ3) is 3.71. The van der Waals surface area contributed by atoms with E-state index in [2.05, 4.69) is 20.5 Å². The molecule has 0 saturated heterocycles. The van der Waals surface area contributed by atoms with Gasteiger partial charge in [0.25, 0.3) is 5.91 Å². The fraction of sp³-hybridized carbons (Fsp3) is 0.278. The van der Waals surface area contributed by atoms with Crippen molar-refractivity contribution in [3.63, 3.8) is 0 Å². The number of benzene rings is 1. The Morgan fingerprint density at radius 2 is 2.00 bits per heavy atom. The molecule has 0 aliphatic carbocycles. The van der Waals surface area contributed by atoms with Crippen LogP contribution in [-0.2, 0) is 6.42 Å². The molecular formula is C18H20N6O. The molecule has 1 atom stereocenters. The number of hydrogen-bond donors (Lipinski definition) is 0. The summed E-state index contributed by atoms with van der Waals surface area (Å²) in [5, 5.41) is 11.0. The maximum atomic E-state index is 12.7. The Labute approximate surface area is 146 Å². The Bertz CT molecular complexity index is 844. The van der Waals surface area contributed by atoms with Crippen molar-refractivity contribution in [3.05, 3.63) is 65.7 Å². The molecule has 0 spiro atoms. The Hall–Kier alpha value is -3.09. The Balaban J connectivity index is 1.70. The molecule has 0 saturated carbocycles. The van der Waals surface area contributed by atoms with Crippen LogP contribution in [0.5, 0.6) is 0 Å². The van der Waals surface area contributed by atoms with Gasteiger partial charge in [-0.2, -0.15) is 0 Å². The van der Waals surface area contributed by atoms with Gasteiger partial charge in [-0.05, 0) is 60.2 Å². The largest absolute Gasteiger partial charge is 0.339 e. The van der Waals surface area contributed by atoms with Crippen LogP contribution >= 0.6 is 0 Å². The second-order valence-electron chi connectivity index (χ2n) is 6.04. The van der Waals surface area contributed by atoms with Crippen molar-refractivity contribution in [1.29, 1.82) is 0 Å². The molecule has 25 heavy (non-hydrogen) atoms. The normalized spacial score (nSPS) is 12.0. The average Bonchev–Trinajstić information content (AvgIpc) is 3.17. The zero-order valence-corrected chi connectivity index (χ0v) is 14.5. The lowest BCUT2D eigenvalue weighted by Crippen LogP contribution is -2.36. The number of rotatable bonds is 5. The fourth-order valence-corrected chi connectivity index (χ4v) is 2.59. The highest BCUT2D eigenvalue weighted by atomic mass is 16.2. The van der Waals surface area contributed by atoms with Crippen LogP contribution in [0, 0.1) is 6.92 Å². The van der Waals surface area contributed by atoms with Crippen LogP contribution in [-0.4, -0.2) is 49.1 Å². The minimum absolute atomic E-state index is 0.0238. The van der Waals surface area contributed by atoms with Gasteiger partial charge in [-0.1, -0.05) is 6.07 Å². The zero-order valence-electron chi connectivity index (χ0n) is 14.5. The van der Waals surface area contributed by atoms with Gasteiger partial charge < -0.3 is 4.90 Å². The summed E-state index contributed by atoms with van der Waals surface area (Å²) in [5.74, 6) is -0.0238. The number of likely N-dealkylation sites (N-methyl/N-ethyl adjacent to an activating group) is 1. The molecule has 2 aromatic heterocycles. The topological polar surface area (TPSA) is 76.8 Å². The van der Waals surface area contributed by atoms with Crippen molar-refractivity contribution in [2.75, 3.05) is 7.05 Å². The van der Waals surface area contributed by atoms with Crippen LogP contribution in [0.15, 0.2) is 48.9 Å². The minimum atomic E-state index is -0.0238. The van der Waals surface area contributed by atoms with Crippen LogP contribution in [0.4, 0.5) is 0 Å². The van der Waals surface area contributed by atoms with E-state index in [1.54, 1.807) is 27.9 Å². The first-order valence-corrected chi connectivity index (χ1v) is 8.07. The molecule has 0 aliphatic rings.